The summed E-state index contributed by atoms with van der Waals surface area (Å²) in [7, 11) is 0. The summed E-state index contributed by atoms with van der Waals surface area (Å²) in [5.41, 5.74) is 1.00. The average molecular weight is 611 g/mol. The van der Waals surface area contributed by atoms with Crippen LogP contribution in [0.2, 0.25) is 0 Å². The number of thiol groups is 1. The van der Waals surface area contributed by atoms with Gasteiger partial charge < -0.3 is 35.8 Å². The minimum absolute atomic E-state index is 0.0140. The van der Waals surface area contributed by atoms with Gasteiger partial charge in [-0.25, -0.2) is 4.79 Å². The number of nitrogens with one attached hydrogen (secondary N) is 4. The molecule has 0 bridgehead atoms. The Balaban J connectivity index is 2.82. The van der Waals surface area contributed by atoms with Crippen LogP contribution in [-0.4, -0.2) is 78.5 Å². The van der Waals surface area contributed by atoms with Gasteiger partial charge in [-0.15, -0.1) is 0 Å². The Morgan fingerprint density at radius 3 is 2.02 bits per heavy atom. The van der Waals surface area contributed by atoms with Crippen molar-refractivity contribution in [3.63, 3.8) is 0 Å². The summed E-state index contributed by atoms with van der Waals surface area (Å²) >= 11 is 4.22. The fourth-order valence-corrected chi connectivity index (χ4v) is 4.03. The number of carboxylic acid groups (broad SMARTS) is 1. The van der Waals surface area contributed by atoms with Crippen molar-refractivity contribution in [2.75, 3.05) is 25.5 Å². The van der Waals surface area contributed by atoms with E-state index >= 15 is 0 Å². The molecule has 1 aromatic rings. The number of benzene rings is 1. The minimum Gasteiger partial charge on any atom is -0.494 e. The molecule has 0 aliphatic carbocycles. The van der Waals surface area contributed by atoms with Gasteiger partial charge in [0.15, 0.2) is 0 Å². The Hall–Kier alpha value is -3.48. The zero-order valence-electron chi connectivity index (χ0n) is 25.1. The fraction of sp³-hybridized carbons (Fsp3) is 0.621. The van der Waals surface area contributed by atoms with E-state index in [0.717, 1.165) is 11.3 Å². The van der Waals surface area contributed by atoms with E-state index in [9.17, 15) is 24.0 Å². The highest BCUT2D eigenvalue weighted by Crippen LogP contribution is 2.12. The highest BCUT2D eigenvalue weighted by atomic mass is 32.1. The third-order valence-corrected chi connectivity index (χ3v) is 6.27. The SMILES string of the molecule is CCOc1ccc(CCNC(=O)[C@H](CS)NC(=O)[C@H](CC(C)C)NC(=O)[C@H](CCC(=O)O)NC(=O)OCC(C)C)cc1. The molecule has 0 radical (unpaired) electrons. The van der Waals surface area contributed by atoms with Crippen LogP contribution in [0.3, 0.4) is 0 Å². The lowest BCUT2D eigenvalue weighted by Gasteiger charge is -2.25. The van der Waals surface area contributed by atoms with E-state index in [4.69, 9.17) is 14.6 Å². The second kappa shape index (κ2) is 19.6. The highest BCUT2D eigenvalue weighted by Gasteiger charge is 2.30. The van der Waals surface area contributed by atoms with Gasteiger partial charge in [0.1, 0.15) is 23.9 Å². The van der Waals surface area contributed by atoms with Gasteiger partial charge in [0.25, 0.3) is 0 Å². The van der Waals surface area contributed by atoms with Crippen molar-refractivity contribution in [2.24, 2.45) is 11.8 Å². The van der Waals surface area contributed by atoms with Crippen LogP contribution in [0.25, 0.3) is 0 Å². The van der Waals surface area contributed by atoms with Crippen LogP contribution in [0.5, 0.6) is 5.75 Å². The van der Waals surface area contributed by atoms with Crippen LogP contribution in [0.1, 0.15) is 59.4 Å². The van der Waals surface area contributed by atoms with Gasteiger partial charge in [-0.2, -0.15) is 12.6 Å². The third-order valence-electron chi connectivity index (χ3n) is 5.91. The molecular weight excluding hydrogens is 564 g/mol. The average Bonchev–Trinajstić information content (AvgIpc) is 2.92. The molecule has 0 unspecified atom stereocenters. The summed E-state index contributed by atoms with van der Waals surface area (Å²) < 4.78 is 10.5. The van der Waals surface area contributed by atoms with E-state index in [0.29, 0.717) is 19.6 Å². The van der Waals surface area contributed by atoms with Crippen molar-refractivity contribution in [2.45, 2.75) is 78.4 Å². The summed E-state index contributed by atoms with van der Waals surface area (Å²) in [5, 5.41) is 19.5. The molecule has 0 aliphatic rings. The lowest BCUT2D eigenvalue weighted by Crippen LogP contribution is -2.57. The predicted molar refractivity (Wildman–Crippen MR) is 161 cm³/mol. The largest absolute Gasteiger partial charge is 0.494 e. The van der Waals surface area contributed by atoms with Crippen molar-refractivity contribution < 1.29 is 38.6 Å². The molecule has 236 valence electrons. The van der Waals surface area contributed by atoms with Gasteiger partial charge in [-0.1, -0.05) is 39.8 Å². The minimum atomic E-state index is -1.24. The van der Waals surface area contributed by atoms with E-state index < -0.39 is 47.9 Å². The molecule has 0 saturated carbocycles. The molecule has 1 rings (SSSR count). The smallest absolute Gasteiger partial charge is 0.407 e. The molecule has 42 heavy (non-hydrogen) atoms. The molecule has 5 N–H and O–H groups in total. The van der Waals surface area contributed by atoms with Crippen molar-refractivity contribution in [1.29, 1.82) is 0 Å². The Bertz CT molecular complexity index is 1020. The lowest BCUT2D eigenvalue weighted by atomic mass is 10.0. The van der Waals surface area contributed by atoms with Crippen molar-refractivity contribution in [3.05, 3.63) is 29.8 Å². The van der Waals surface area contributed by atoms with E-state index in [1.807, 2.05) is 58.9 Å². The number of carboxylic acids is 1. The quantitative estimate of drug-likeness (QED) is 0.130. The first-order chi connectivity index (χ1) is 19.9. The van der Waals surface area contributed by atoms with Crippen molar-refractivity contribution in [3.8, 4) is 5.75 Å². The molecule has 0 saturated heterocycles. The van der Waals surface area contributed by atoms with Gasteiger partial charge in [0.2, 0.25) is 17.7 Å². The molecule has 0 fully saturated rings. The van der Waals surface area contributed by atoms with Crippen LogP contribution < -0.4 is 26.0 Å². The second-order valence-corrected chi connectivity index (χ2v) is 11.0. The normalized spacial score (nSPS) is 13.0. The second-order valence-electron chi connectivity index (χ2n) is 10.7. The number of amides is 4. The number of alkyl carbamates (subject to hydrolysis) is 1. The van der Waals surface area contributed by atoms with E-state index in [-0.39, 0.29) is 43.5 Å². The van der Waals surface area contributed by atoms with Crippen LogP contribution in [0, 0.1) is 11.8 Å². The number of carbonyl (C=O) groups is 5. The van der Waals surface area contributed by atoms with Crippen LogP contribution in [0.15, 0.2) is 24.3 Å². The maximum atomic E-state index is 13.2. The molecule has 0 heterocycles. The summed E-state index contributed by atoms with van der Waals surface area (Å²) in [5.74, 6) is -2.07. The molecule has 12 nitrogen and oxygen atoms in total. The standard InChI is InChI=1S/C29H46N4O8S/c1-6-40-21-9-7-20(8-10-21)13-14-30-26(36)24(17-42)32-28(38)23(15-18(2)3)31-27(37)22(11-12-25(34)35)33-29(39)41-16-19(4)5/h7-10,18-19,22-24,42H,6,11-17H2,1-5H3,(H,30,36)(H,31,37)(H,32,38)(H,33,39)(H,34,35)/t22-,23-,24-/m0/s1. The van der Waals surface area contributed by atoms with Crippen LogP contribution in [-0.2, 0) is 30.3 Å². The van der Waals surface area contributed by atoms with Gasteiger partial charge in [0.05, 0.1) is 13.2 Å². The number of hydrogen-bond acceptors (Lipinski definition) is 8. The molecule has 0 aliphatic heterocycles. The Kier molecular flexibility index (Phi) is 17.1. The Labute approximate surface area is 253 Å². The molecule has 13 heteroatoms. The first kappa shape index (κ1) is 36.5. The van der Waals surface area contributed by atoms with E-state index in [2.05, 4.69) is 33.9 Å². The molecule has 0 aromatic heterocycles. The first-order valence-electron chi connectivity index (χ1n) is 14.2. The maximum Gasteiger partial charge on any atom is 0.407 e. The topological polar surface area (TPSA) is 172 Å². The summed E-state index contributed by atoms with van der Waals surface area (Å²) in [6, 6.07) is 4.30. The molecule has 3 atom stereocenters. The lowest BCUT2D eigenvalue weighted by molar-refractivity contribution is -0.137. The first-order valence-corrected chi connectivity index (χ1v) is 14.9. The maximum absolute atomic E-state index is 13.2. The zero-order valence-corrected chi connectivity index (χ0v) is 26.0. The van der Waals surface area contributed by atoms with Gasteiger partial charge in [-0.05, 0) is 55.7 Å². The number of hydrogen-bond donors (Lipinski definition) is 6. The Morgan fingerprint density at radius 1 is 0.857 bits per heavy atom. The van der Waals surface area contributed by atoms with Crippen LogP contribution in [0.4, 0.5) is 4.79 Å². The summed E-state index contributed by atoms with van der Waals surface area (Å²) in [4.78, 5) is 62.4. The summed E-state index contributed by atoms with van der Waals surface area (Å²) in [6.07, 6.45) is -0.649. The predicted octanol–water partition coefficient (Wildman–Crippen LogP) is 2.31. The number of carbonyl (C=O) groups excluding carboxylic acids is 4. The van der Waals surface area contributed by atoms with Crippen LogP contribution >= 0.6 is 12.6 Å². The van der Waals surface area contributed by atoms with Crippen molar-refractivity contribution in [1.82, 2.24) is 21.3 Å². The third kappa shape index (κ3) is 14.9. The molecule has 4 amide bonds. The highest BCUT2D eigenvalue weighted by molar-refractivity contribution is 7.80. The number of ether oxygens (including phenoxy) is 2. The van der Waals surface area contributed by atoms with E-state index in [1.54, 1.807) is 0 Å². The molecule has 0 spiro atoms. The zero-order chi connectivity index (χ0) is 31.7. The number of rotatable bonds is 19. The fourth-order valence-electron chi connectivity index (χ4n) is 3.78. The summed E-state index contributed by atoms with van der Waals surface area (Å²) in [6.45, 7) is 10.3. The molecular formula is C29H46N4O8S. The van der Waals surface area contributed by atoms with Crippen molar-refractivity contribution >= 4 is 42.4 Å². The van der Waals surface area contributed by atoms with Gasteiger partial charge >= 0.3 is 12.1 Å². The van der Waals surface area contributed by atoms with Gasteiger partial charge in [0, 0.05) is 18.7 Å². The van der Waals surface area contributed by atoms with E-state index in [1.165, 1.54) is 0 Å². The van der Waals surface area contributed by atoms with Gasteiger partial charge in [-0.3, -0.25) is 19.2 Å². The Morgan fingerprint density at radius 2 is 1.48 bits per heavy atom. The number of aliphatic carboxylic acids is 1. The molecule has 1 aromatic carbocycles. The monoisotopic (exact) mass is 610 g/mol.